The summed E-state index contributed by atoms with van der Waals surface area (Å²) in [7, 11) is 0. The maximum Gasteiger partial charge on any atom is 0.276 e. The van der Waals surface area contributed by atoms with Gasteiger partial charge in [-0.3, -0.25) is 9.20 Å². The van der Waals surface area contributed by atoms with Gasteiger partial charge in [-0.25, -0.2) is 4.98 Å². The van der Waals surface area contributed by atoms with Gasteiger partial charge in [-0.05, 0) is 45.7 Å². The Balaban J connectivity index is 1.62. The highest BCUT2D eigenvalue weighted by Gasteiger charge is 2.31. The fourth-order valence-electron chi connectivity index (χ4n) is 3.99. The van der Waals surface area contributed by atoms with Crippen LogP contribution in [0.15, 0.2) is 35.0 Å². The molecular formula is C23H31N5O2. The molecule has 1 aliphatic heterocycles. The molecule has 1 atom stereocenters. The number of hydrogen-bond donors (Lipinski definition) is 1. The van der Waals surface area contributed by atoms with Crippen LogP contribution in [0.3, 0.4) is 0 Å². The Hall–Kier alpha value is -2.83. The van der Waals surface area contributed by atoms with E-state index in [0.29, 0.717) is 12.2 Å². The summed E-state index contributed by atoms with van der Waals surface area (Å²) in [5.41, 5.74) is 2.23. The first-order valence-electron chi connectivity index (χ1n) is 10.7. The van der Waals surface area contributed by atoms with Crippen LogP contribution in [-0.2, 0) is 0 Å². The predicted octanol–water partition coefficient (Wildman–Crippen LogP) is 4.68. The maximum atomic E-state index is 13.1. The molecular weight excluding hydrogens is 378 g/mol. The van der Waals surface area contributed by atoms with Gasteiger partial charge in [0.2, 0.25) is 0 Å². The Morgan fingerprint density at radius 2 is 2.10 bits per heavy atom. The van der Waals surface area contributed by atoms with Crippen molar-refractivity contribution in [2.75, 3.05) is 18.4 Å². The molecule has 1 N–H and O–H groups in total. The van der Waals surface area contributed by atoms with Gasteiger partial charge in [-0.1, -0.05) is 25.1 Å². The summed E-state index contributed by atoms with van der Waals surface area (Å²) in [5.74, 6) is 2.07. The lowest BCUT2D eigenvalue weighted by Crippen LogP contribution is -2.39. The number of fused-ring (bicyclic) bond motifs is 1. The maximum absolute atomic E-state index is 13.1. The number of anilines is 1. The molecule has 7 heteroatoms. The van der Waals surface area contributed by atoms with E-state index in [1.165, 1.54) is 0 Å². The number of hydrogen-bond acceptors (Lipinski definition) is 5. The molecule has 3 aromatic rings. The van der Waals surface area contributed by atoms with Crippen LogP contribution >= 0.6 is 0 Å². The van der Waals surface area contributed by atoms with Crippen LogP contribution in [0.2, 0.25) is 0 Å². The number of aromatic nitrogens is 3. The Kier molecular flexibility index (Phi) is 5.30. The molecule has 4 heterocycles. The fraction of sp³-hybridized carbons (Fsp3) is 0.522. The third-order valence-corrected chi connectivity index (χ3v) is 5.46. The van der Waals surface area contributed by atoms with E-state index in [0.717, 1.165) is 42.3 Å². The zero-order valence-corrected chi connectivity index (χ0v) is 18.5. The minimum absolute atomic E-state index is 0.0653. The van der Waals surface area contributed by atoms with Crippen LogP contribution in [0.5, 0.6) is 0 Å². The molecule has 0 bridgehead atoms. The smallest absolute Gasteiger partial charge is 0.276 e. The van der Waals surface area contributed by atoms with E-state index in [1.807, 2.05) is 43.1 Å². The van der Waals surface area contributed by atoms with Crippen molar-refractivity contribution in [3.63, 3.8) is 0 Å². The number of nitrogens with one attached hydrogen (secondary N) is 1. The molecule has 3 aromatic heterocycles. The Labute approximate surface area is 177 Å². The summed E-state index contributed by atoms with van der Waals surface area (Å²) in [4.78, 5) is 19.9. The van der Waals surface area contributed by atoms with Crippen LogP contribution in [0.25, 0.3) is 5.65 Å². The van der Waals surface area contributed by atoms with Crippen molar-refractivity contribution in [3.8, 4) is 0 Å². The summed E-state index contributed by atoms with van der Waals surface area (Å²) in [6.07, 6.45) is 3.98. The van der Waals surface area contributed by atoms with Crippen molar-refractivity contribution < 1.29 is 9.32 Å². The third-order valence-electron chi connectivity index (χ3n) is 5.46. The molecule has 1 saturated heterocycles. The average Bonchev–Trinajstić information content (AvgIpc) is 3.32. The SMILES string of the molecule is CC(C)c1cc(C(=O)N2CCCC(c3nc4ccccn4c3NC(C)(C)C)C2)no1. The van der Waals surface area contributed by atoms with Gasteiger partial charge in [0.25, 0.3) is 5.91 Å². The number of imidazole rings is 1. The van der Waals surface area contributed by atoms with Crippen molar-refractivity contribution in [2.45, 2.75) is 64.8 Å². The van der Waals surface area contributed by atoms with Gasteiger partial charge < -0.3 is 14.7 Å². The number of carbonyl (C=O) groups is 1. The highest BCUT2D eigenvalue weighted by atomic mass is 16.5. The zero-order valence-electron chi connectivity index (χ0n) is 18.5. The Bertz CT molecular complexity index is 1040. The van der Waals surface area contributed by atoms with Gasteiger partial charge in [0.15, 0.2) is 5.69 Å². The van der Waals surface area contributed by atoms with E-state index in [2.05, 4.69) is 35.6 Å². The van der Waals surface area contributed by atoms with E-state index >= 15 is 0 Å². The summed E-state index contributed by atoms with van der Waals surface area (Å²) in [5, 5.41) is 7.64. The van der Waals surface area contributed by atoms with Crippen LogP contribution < -0.4 is 5.32 Å². The predicted molar refractivity (Wildman–Crippen MR) is 117 cm³/mol. The van der Waals surface area contributed by atoms with Gasteiger partial charge in [0.1, 0.15) is 17.2 Å². The first-order chi connectivity index (χ1) is 14.2. The lowest BCUT2D eigenvalue weighted by Gasteiger charge is -2.32. The normalized spacial score (nSPS) is 17.7. The summed E-state index contributed by atoms with van der Waals surface area (Å²) < 4.78 is 7.45. The van der Waals surface area contributed by atoms with Gasteiger partial charge in [-0.2, -0.15) is 0 Å². The highest BCUT2D eigenvalue weighted by Crippen LogP contribution is 2.34. The summed E-state index contributed by atoms with van der Waals surface area (Å²) in [6.45, 7) is 11.9. The number of pyridine rings is 1. The van der Waals surface area contributed by atoms with Gasteiger partial charge in [-0.15, -0.1) is 0 Å². The van der Waals surface area contributed by atoms with Crippen molar-refractivity contribution in [3.05, 3.63) is 47.6 Å². The Morgan fingerprint density at radius 1 is 1.30 bits per heavy atom. The average molecular weight is 410 g/mol. The van der Waals surface area contributed by atoms with E-state index in [4.69, 9.17) is 9.51 Å². The fourth-order valence-corrected chi connectivity index (χ4v) is 3.99. The number of likely N-dealkylation sites (tertiary alicyclic amines) is 1. The zero-order chi connectivity index (χ0) is 21.5. The number of carbonyl (C=O) groups excluding carboxylic acids is 1. The van der Waals surface area contributed by atoms with Crippen LogP contribution in [0.1, 0.15) is 81.2 Å². The molecule has 160 valence electrons. The van der Waals surface area contributed by atoms with E-state index in [9.17, 15) is 4.79 Å². The molecule has 1 fully saturated rings. The third kappa shape index (κ3) is 4.06. The lowest BCUT2D eigenvalue weighted by molar-refractivity contribution is 0.0695. The molecule has 0 saturated carbocycles. The monoisotopic (exact) mass is 409 g/mol. The lowest BCUT2D eigenvalue weighted by atomic mass is 9.94. The largest absolute Gasteiger partial charge is 0.365 e. The standard InChI is InChI=1S/C23H31N5O2/c1-15(2)18-13-17(26-30-18)22(29)27-11-8-9-16(14-27)20-21(25-23(3,4)5)28-12-7-6-10-19(28)24-20/h6-7,10,12-13,15-16,25H,8-9,11,14H2,1-5H3. The molecule has 0 aromatic carbocycles. The minimum atomic E-state index is -0.0985. The van der Waals surface area contributed by atoms with Gasteiger partial charge in [0.05, 0.1) is 5.69 Å². The number of rotatable bonds is 4. The quantitative estimate of drug-likeness (QED) is 0.677. The minimum Gasteiger partial charge on any atom is -0.365 e. The molecule has 0 spiro atoms. The molecule has 1 amide bonds. The molecule has 1 unspecified atom stereocenters. The van der Waals surface area contributed by atoms with Crippen molar-refractivity contribution in [1.29, 1.82) is 0 Å². The Morgan fingerprint density at radius 3 is 2.80 bits per heavy atom. The second-order valence-corrected chi connectivity index (χ2v) is 9.51. The van der Waals surface area contributed by atoms with Crippen LogP contribution in [-0.4, -0.2) is 44.0 Å². The summed E-state index contributed by atoms with van der Waals surface area (Å²) >= 11 is 0. The van der Waals surface area contributed by atoms with Crippen LogP contribution in [0, 0.1) is 0 Å². The number of nitrogens with zero attached hydrogens (tertiary/aromatic N) is 4. The molecule has 0 radical (unpaired) electrons. The number of piperidine rings is 1. The topological polar surface area (TPSA) is 75.7 Å². The molecule has 7 nitrogen and oxygen atoms in total. The van der Waals surface area contributed by atoms with Crippen LogP contribution in [0.4, 0.5) is 5.82 Å². The van der Waals surface area contributed by atoms with Gasteiger partial charge >= 0.3 is 0 Å². The first-order valence-corrected chi connectivity index (χ1v) is 10.7. The molecule has 1 aliphatic rings. The van der Waals surface area contributed by atoms with Crippen molar-refractivity contribution >= 4 is 17.4 Å². The molecule has 4 rings (SSSR count). The highest BCUT2D eigenvalue weighted by molar-refractivity contribution is 5.92. The van der Waals surface area contributed by atoms with Gasteiger partial charge in [0, 0.05) is 42.7 Å². The van der Waals surface area contributed by atoms with Crippen molar-refractivity contribution in [2.24, 2.45) is 0 Å². The summed E-state index contributed by atoms with van der Waals surface area (Å²) in [6, 6.07) is 7.81. The first kappa shape index (κ1) is 20.4. The molecule has 0 aliphatic carbocycles. The molecule has 30 heavy (non-hydrogen) atoms. The van der Waals surface area contributed by atoms with E-state index in [1.54, 1.807) is 6.07 Å². The number of amides is 1. The van der Waals surface area contributed by atoms with E-state index in [-0.39, 0.29) is 23.3 Å². The van der Waals surface area contributed by atoms with E-state index < -0.39 is 0 Å². The second-order valence-electron chi connectivity index (χ2n) is 9.51. The van der Waals surface area contributed by atoms with Crippen molar-refractivity contribution in [1.82, 2.24) is 19.4 Å². The second kappa shape index (κ2) is 7.78.